The molecule has 0 bridgehead atoms. The molecule has 1 N–H and O–H groups in total. The molecule has 0 aromatic rings. The zero-order valence-corrected chi connectivity index (χ0v) is 16.0. The van der Waals surface area contributed by atoms with Crippen LogP contribution >= 0.6 is 0 Å². The van der Waals surface area contributed by atoms with Crippen LogP contribution in [0.2, 0.25) is 0 Å². The van der Waals surface area contributed by atoms with Crippen molar-refractivity contribution in [2.45, 2.75) is 77.1 Å². The minimum atomic E-state index is -0.444. The number of aliphatic hydroxyl groups is 1. The first-order valence-electron chi connectivity index (χ1n) is 9.22. The Morgan fingerprint density at radius 1 is 1.40 bits per heavy atom. The minimum absolute atomic E-state index is 0.0263. The van der Waals surface area contributed by atoms with E-state index >= 15 is 0 Å². The van der Waals surface area contributed by atoms with E-state index in [9.17, 15) is 9.90 Å². The van der Waals surface area contributed by atoms with Crippen LogP contribution in [0.15, 0.2) is 35.5 Å². The third-order valence-electron chi connectivity index (χ3n) is 5.67. The first-order valence-corrected chi connectivity index (χ1v) is 9.22. The van der Waals surface area contributed by atoms with Crippen molar-refractivity contribution < 1.29 is 19.4 Å². The van der Waals surface area contributed by atoms with E-state index in [2.05, 4.69) is 26.5 Å². The van der Waals surface area contributed by atoms with E-state index in [-0.39, 0.29) is 23.6 Å². The van der Waals surface area contributed by atoms with Crippen molar-refractivity contribution in [3.05, 3.63) is 35.5 Å². The van der Waals surface area contributed by atoms with Gasteiger partial charge in [-0.25, -0.2) is 4.79 Å². The second-order valence-electron chi connectivity index (χ2n) is 7.70. The first-order chi connectivity index (χ1) is 11.8. The van der Waals surface area contributed by atoms with Gasteiger partial charge in [-0.3, -0.25) is 0 Å². The lowest BCUT2D eigenvalue weighted by atomic mass is 9.86. The summed E-state index contributed by atoms with van der Waals surface area (Å²) in [7, 11) is 1.38. The van der Waals surface area contributed by atoms with Crippen molar-refractivity contribution >= 4 is 5.97 Å². The topological polar surface area (TPSA) is 59.1 Å². The Morgan fingerprint density at radius 3 is 2.80 bits per heavy atom. The normalized spacial score (nSPS) is 38.2. The molecule has 4 heteroatoms. The quantitative estimate of drug-likeness (QED) is 0.353. The lowest BCUT2D eigenvalue weighted by Crippen LogP contribution is -2.19. The largest absolute Gasteiger partial charge is 0.466 e. The van der Waals surface area contributed by atoms with Gasteiger partial charge < -0.3 is 14.6 Å². The van der Waals surface area contributed by atoms with Crippen LogP contribution in [0.5, 0.6) is 0 Å². The predicted octanol–water partition coefficient (Wildman–Crippen LogP) is 4.10. The van der Waals surface area contributed by atoms with Crippen molar-refractivity contribution in [1.82, 2.24) is 0 Å². The molecular formula is C21H32O4. The summed E-state index contributed by atoms with van der Waals surface area (Å²) in [6.45, 7) is 10.2. The third kappa shape index (κ3) is 5.29. The van der Waals surface area contributed by atoms with Crippen molar-refractivity contribution in [2.24, 2.45) is 5.92 Å². The molecule has 1 saturated heterocycles. The maximum atomic E-state index is 11.9. The number of aliphatic hydroxyl groups excluding tert-OH is 1. The number of hydrogen-bond donors (Lipinski definition) is 1. The molecule has 1 aliphatic heterocycles. The third-order valence-corrected chi connectivity index (χ3v) is 5.67. The molecule has 1 fully saturated rings. The van der Waals surface area contributed by atoms with Gasteiger partial charge in [-0.1, -0.05) is 24.3 Å². The van der Waals surface area contributed by atoms with Gasteiger partial charge in [0.1, 0.15) is 0 Å². The Morgan fingerprint density at radius 2 is 2.12 bits per heavy atom. The van der Waals surface area contributed by atoms with Gasteiger partial charge in [0.2, 0.25) is 0 Å². The molecule has 4 atom stereocenters. The summed E-state index contributed by atoms with van der Waals surface area (Å²) >= 11 is 0. The average Bonchev–Trinajstić information content (AvgIpc) is 3.23. The van der Waals surface area contributed by atoms with Crippen LogP contribution in [-0.4, -0.2) is 36.0 Å². The highest BCUT2D eigenvalue weighted by Crippen LogP contribution is 2.45. The SMILES string of the molecule is C=C(C(=O)OC)[C@@H]1C/C=C(/C)[C@H](O)CC/C(C)=C\CC[C@]2(C)O[C@H]2C1. The number of esters is 1. The molecular weight excluding hydrogens is 316 g/mol. The Balaban J connectivity index is 2.17. The predicted molar refractivity (Wildman–Crippen MR) is 99.1 cm³/mol. The number of fused-ring (bicyclic) bond motifs is 1. The summed E-state index contributed by atoms with van der Waals surface area (Å²) in [5, 5.41) is 10.4. The van der Waals surface area contributed by atoms with Crippen LogP contribution in [-0.2, 0) is 14.3 Å². The van der Waals surface area contributed by atoms with Crippen LogP contribution in [0.1, 0.15) is 59.3 Å². The average molecular weight is 348 g/mol. The van der Waals surface area contributed by atoms with E-state index in [1.54, 1.807) is 0 Å². The van der Waals surface area contributed by atoms with Gasteiger partial charge in [-0.2, -0.15) is 0 Å². The molecule has 25 heavy (non-hydrogen) atoms. The van der Waals surface area contributed by atoms with Gasteiger partial charge in [0.15, 0.2) is 0 Å². The summed E-state index contributed by atoms with van der Waals surface area (Å²) in [4.78, 5) is 11.9. The van der Waals surface area contributed by atoms with E-state index in [1.165, 1.54) is 12.7 Å². The highest BCUT2D eigenvalue weighted by molar-refractivity contribution is 5.88. The number of hydrogen-bond acceptors (Lipinski definition) is 4. The summed E-state index contributed by atoms with van der Waals surface area (Å²) in [5.41, 5.74) is 2.66. The van der Waals surface area contributed by atoms with Crippen LogP contribution in [0.3, 0.4) is 0 Å². The highest BCUT2D eigenvalue weighted by Gasteiger charge is 2.52. The number of epoxide rings is 1. The molecule has 0 aromatic heterocycles. The molecule has 0 unspecified atom stereocenters. The number of carbonyl (C=O) groups excluding carboxylic acids is 1. The van der Waals surface area contributed by atoms with Gasteiger partial charge in [0.25, 0.3) is 0 Å². The molecule has 0 radical (unpaired) electrons. The van der Waals surface area contributed by atoms with Gasteiger partial charge >= 0.3 is 5.97 Å². The Kier molecular flexibility index (Phi) is 6.64. The second-order valence-corrected chi connectivity index (χ2v) is 7.70. The summed E-state index contributed by atoms with van der Waals surface area (Å²) in [6, 6.07) is 0. The zero-order valence-electron chi connectivity index (χ0n) is 16.0. The molecule has 140 valence electrons. The minimum Gasteiger partial charge on any atom is -0.466 e. The maximum absolute atomic E-state index is 11.9. The fraction of sp³-hybridized carbons (Fsp3) is 0.667. The summed E-state index contributed by atoms with van der Waals surface area (Å²) < 4.78 is 10.8. The lowest BCUT2D eigenvalue weighted by molar-refractivity contribution is -0.136. The molecule has 2 rings (SSSR count). The molecule has 0 aromatic carbocycles. The van der Waals surface area contributed by atoms with Crippen LogP contribution in [0, 0.1) is 5.92 Å². The van der Waals surface area contributed by atoms with E-state index in [0.29, 0.717) is 12.0 Å². The van der Waals surface area contributed by atoms with Gasteiger partial charge in [-0.15, -0.1) is 0 Å². The summed E-state index contributed by atoms with van der Waals surface area (Å²) in [6.07, 6.45) is 9.00. The monoisotopic (exact) mass is 348 g/mol. The summed E-state index contributed by atoms with van der Waals surface area (Å²) in [5.74, 6) is -0.389. The molecule has 0 spiro atoms. The zero-order chi connectivity index (χ0) is 18.6. The van der Waals surface area contributed by atoms with E-state index in [0.717, 1.165) is 37.7 Å². The number of carbonyl (C=O) groups is 1. The fourth-order valence-corrected chi connectivity index (χ4v) is 3.51. The number of rotatable bonds is 2. The van der Waals surface area contributed by atoms with Crippen LogP contribution in [0.4, 0.5) is 0 Å². The van der Waals surface area contributed by atoms with Gasteiger partial charge in [0, 0.05) is 5.57 Å². The molecule has 4 nitrogen and oxygen atoms in total. The molecule has 0 amide bonds. The van der Waals surface area contributed by atoms with E-state index < -0.39 is 6.10 Å². The lowest BCUT2D eigenvalue weighted by Gasteiger charge is -2.18. The van der Waals surface area contributed by atoms with Crippen molar-refractivity contribution in [1.29, 1.82) is 0 Å². The first kappa shape index (κ1) is 19.9. The Bertz CT molecular complexity index is 574. The fourth-order valence-electron chi connectivity index (χ4n) is 3.51. The van der Waals surface area contributed by atoms with Gasteiger partial charge in [0.05, 0.1) is 24.9 Å². The standard InChI is InChI=1S/C21H32O4/c1-14-7-6-12-21(4)19(25-21)13-17(16(3)20(23)24-5)10-9-15(2)18(22)11-8-14/h7,9,17-19,22H,3,6,8,10-13H2,1-2,4-5H3/b14-7-,15-9-/t17-,18-,19+,21+/m1/s1. The van der Waals surface area contributed by atoms with E-state index in [1.807, 2.05) is 13.0 Å². The van der Waals surface area contributed by atoms with Crippen molar-refractivity contribution in [3.8, 4) is 0 Å². The Hall–Kier alpha value is -1.39. The smallest absolute Gasteiger partial charge is 0.333 e. The molecule has 2 aliphatic rings. The molecule has 1 heterocycles. The Labute approximate surface area is 151 Å². The van der Waals surface area contributed by atoms with Crippen LogP contribution < -0.4 is 0 Å². The number of allylic oxidation sites excluding steroid dienone is 3. The second kappa shape index (κ2) is 8.33. The number of methoxy groups -OCH3 is 1. The van der Waals surface area contributed by atoms with Crippen molar-refractivity contribution in [2.75, 3.05) is 7.11 Å². The van der Waals surface area contributed by atoms with Gasteiger partial charge in [-0.05, 0) is 70.8 Å². The highest BCUT2D eigenvalue weighted by atomic mass is 16.6. The van der Waals surface area contributed by atoms with E-state index in [4.69, 9.17) is 9.47 Å². The maximum Gasteiger partial charge on any atom is 0.333 e. The van der Waals surface area contributed by atoms with Crippen molar-refractivity contribution in [3.63, 3.8) is 0 Å². The molecule has 0 saturated carbocycles. The molecule has 1 aliphatic carbocycles. The van der Waals surface area contributed by atoms with Crippen LogP contribution in [0.25, 0.3) is 0 Å². The number of ether oxygens (including phenoxy) is 2.